The number of carbonyl (C=O) groups excluding carboxylic acids is 2. The van der Waals surface area contributed by atoms with Crippen LogP contribution in [0.5, 0.6) is 11.5 Å². The summed E-state index contributed by atoms with van der Waals surface area (Å²) in [7, 11) is 1.50. The number of methoxy groups -OCH3 is 1. The number of nitrogens with zero attached hydrogens (tertiary/aromatic N) is 1. The lowest BCUT2D eigenvalue weighted by Crippen LogP contribution is -2.31. The summed E-state index contributed by atoms with van der Waals surface area (Å²) in [5.41, 5.74) is 1.05. The van der Waals surface area contributed by atoms with E-state index in [1.54, 1.807) is 36.4 Å². The van der Waals surface area contributed by atoms with Crippen molar-refractivity contribution in [3.05, 3.63) is 65.4 Å². The molecule has 1 aliphatic heterocycles. The molecule has 1 amide bonds. The van der Waals surface area contributed by atoms with E-state index < -0.39 is 23.5 Å². The number of Topliss-reactive ketones (excluding diaryl/α,β-unsaturated/α-hetero) is 1. The van der Waals surface area contributed by atoms with Gasteiger partial charge in [-0.2, -0.15) is 0 Å². The largest absolute Gasteiger partial charge is 0.508 e. The normalized spacial score (nSPS) is 17.1. The molecule has 0 radical (unpaired) electrons. The van der Waals surface area contributed by atoms with Gasteiger partial charge in [0, 0.05) is 11.3 Å². The number of aliphatic hydroxyl groups is 1. The molecule has 1 atom stereocenters. The number of hydrogen-bond acceptors (Lipinski definition) is 5. The van der Waals surface area contributed by atoms with Gasteiger partial charge in [0.2, 0.25) is 0 Å². The van der Waals surface area contributed by atoms with Crippen molar-refractivity contribution in [1.82, 2.24) is 0 Å². The van der Waals surface area contributed by atoms with Gasteiger partial charge < -0.3 is 14.9 Å². The zero-order valence-corrected chi connectivity index (χ0v) is 13.8. The molecule has 6 heteroatoms. The van der Waals surface area contributed by atoms with E-state index in [4.69, 9.17) is 4.74 Å². The fourth-order valence-electron chi connectivity index (χ4n) is 3.03. The number of phenolic OH excluding ortho intramolecular Hbond substituents is 1. The summed E-state index contributed by atoms with van der Waals surface area (Å²) in [6.45, 7) is 1.31. The van der Waals surface area contributed by atoms with Crippen LogP contribution in [0.2, 0.25) is 0 Å². The molecule has 1 heterocycles. The van der Waals surface area contributed by atoms with Crippen molar-refractivity contribution in [2.45, 2.75) is 13.0 Å². The minimum absolute atomic E-state index is 0.0163. The topological polar surface area (TPSA) is 87.1 Å². The van der Waals surface area contributed by atoms with Gasteiger partial charge in [-0.1, -0.05) is 18.2 Å². The van der Waals surface area contributed by atoms with Crippen LogP contribution in [-0.2, 0) is 9.59 Å². The van der Waals surface area contributed by atoms with E-state index in [1.165, 1.54) is 31.1 Å². The number of rotatable bonds is 4. The van der Waals surface area contributed by atoms with E-state index >= 15 is 0 Å². The summed E-state index contributed by atoms with van der Waals surface area (Å²) in [4.78, 5) is 26.1. The second-order valence-electron chi connectivity index (χ2n) is 5.65. The molecule has 0 aliphatic carbocycles. The minimum Gasteiger partial charge on any atom is -0.508 e. The first-order valence-electron chi connectivity index (χ1n) is 7.65. The van der Waals surface area contributed by atoms with Gasteiger partial charge in [0.05, 0.1) is 18.7 Å². The van der Waals surface area contributed by atoms with Gasteiger partial charge in [0.15, 0.2) is 11.5 Å². The molecule has 0 saturated carbocycles. The third-order valence-electron chi connectivity index (χ3n) is 4.15. The molecule has 0 spiro atoms. The Hall–Kier alpha value is -3.28. The monoisotopic (exact) mass is 339 g/mol. The van der Waals surface area contributed by atoms with Crippen molar-refractivity contribution in [3.8, 4) is 11.5 Å². The highest BCUT2D eigenvalue weighted by atomic mass is 16.5. The van der Waals surface area contributed by atoms with Crippen LogP contribution < -0.4 is 9.64 Å². The molecule has 1 aliphatic rings. The Kier molecular flexibility index (Phi) is 4.19. The van der Waals surface area contributed by atoms with Crippen molar-refractivity contribution in [2.24, 2.45) is 0 Å². The SMILES string of the molecule is COc1ccccc1[C@H]1C(C(C)=O)=C(O)C(=O)N1c1ccc(O)cc1. The maximum absolute atomic E-state index is 12.7. The van der Waals surface area contributed by atoms with Crippen LogP contribution in [-0.4, -0.2) is 29.0 Å². The maximum Gasteiger partial charge on any atom is 0.294 e. The number of amides is 1. The molecule has 0 unspecified atom stereocenters. The summed E-state index contributed by atoms with van der Waals surface area (Å²) in [5.74, 6) is -1.10. The zero-order chi connectivity index (χ0) is 18.1. The summed E-state index contributed by atoms with van der Waals surface area (Å²) in [5, 5.41) is 19.8. The smallest absolute Gasteiger partial charge is 0.294 e. The fraction of sp³-hybridized carbons (Fsp3) is 0.158. The number of aliphatic hydroxyl groups excluding tert-OH is 1. The average Bonchev–Trinajstić information content (AvgIpc) is 2.87. The molecule has 128 valence electrons. The summed E-state index contributed by atoms with van der Waals surface area (Å²) in [6.07, 6.45) is 0. The van der Waals surface area contributed by atoms with Crippen molar-refractivity contribution >= 4 is 17.4 Å². The number of benzene rings is 2. The first-order valence-corrected chi connectivity index (χ1v) is 7.65. The minimum atomic E-state index is -0.814. The number of anilines is 1. The lowest BCUT2D eigenvalue weighted by atomic mass is 9.95. The van der Waals surface area contributed by atoms with Crippen LogP contribution in [0, 0.1) is 0 Å². The van der Waals surface area contributed by atoms with Gasteiger partial charge in [-0.05, 0) is 37.3 Å². The van der Waals surface area contributed by atoms with E-state index in [-0.39, 0.29) is 11.3 Å². The molecular weight excluding hydrogens is 322 g/mol. The molecule has 2 N–H and O–H groups in total. The van der Waals surface area contributed by atoms with E-state index in [0.717, 1.165) is 0 Å². The highest BCUT2D eigenvalue weighted by molar-refractivity contribution is 6.16. The second-order valence-corrected chi connectivity index (χ2v) is 5.65. The number of ketones is 1. The summed E-state index contributed by atoms with van der Waals surface area (Å²) < 4.78 is 5.37. The Morgan fingerprint density at radius 1 is 1.08 bits per heavy atom. The second kappa shape index (κ2) is 6.32. The summed E-state index contributed by atoms with van der Waals surface area (Å²) in [6, 6.07) is 12.2. The molecule has 6 nitrogen and oxygen atoms in total. The number of hydrogen-bond donors (Lipinski definition) is 2. The van der Waals surface area contributed by atoms with Crippen LogP contribution in [0.4, 0.5) is 5.69 Å². The van der Waals surface area contributed by atoms with E-state index in [9.17, 15) is 19.8 Å². The van der Waals surface area contributed by atoms with Crippen molar-refractivity contribution in [2.75, 3.05) is 12.0 Å². The van der Waals surface area contributed by atoms with Crippen LogP contribution in [0.3, 0.4) is 0 Å². The number of aromatic hydroxyl groups is 1. The molecule has 3 rings (SSSR count). The quantitative estimate of drug-likeness (QED) is 0.894. The number of para-hydroxylation sites is 1. The zero-order valence-electron chi connectivity index (χ0n) is 13.8. The van der Waals surface area contributed by atoms with Gasteiger partial charge in [-0.25, -0.2) is 0 Å². The molecule has 25 heavy (non-hydrogen) atoms. The molecule has 2 aromatic rings. The Morgan fingerprint density at radius 3 is 2.32 bits per heavy atom. The Balaban J connectivity index is 2.22. The standard InChI is InChI=1S/C19H17NO5/c1-11(21)16-17(14-5-3-4-6-15(14)25-2)20(19(24)18(16)23)12-7-9-13(22)10-8-12/h3-10,17,22-23H,1-2H3/t17-/m0/s1. The third-order valence-corrected chi connectivity index (χ3v) is 4.15. The van der Waals surface area contributed by atoms with Gasteiger partial charge >= 0.3 is 0 Å². The third kappa shape index (κ3) is 2.71. The van der Waals surface area contributed by atoms with Gasteiger partial charge in [0.1, 0.15) is 11.5 Å². The first-order chi connectivity index (χ1) is 12.0. The highest BCUT2D eigenvalue weighted by Crippen LogP contribution is 2.43. The van der Waals surface area contributed by atoms with Crippen LogP contribution in [0.15, 0.2) is 59.9 Å². The van der Waals surface area contributed by atoms with Crippen molar-refractivity contribution in [1.29, 1.82) is 0 Å². The Bertz CT molecular complexity index is 870. The predicted molar refractivity (Wildman–Crippen MR) is 91.7 cm³/mol. The number of ether oxygens (including phenoxy) is 1. The van der Waals surface area contributed by atoms with Crippen molar-refractivity contribution < 1.29 is 24.5 Å². The van der Waals surface area contributed by atoms with Gasteiger partial charge in [-0.15, -0.1) is 0 Å². The Morgan fingerprint density at radius 2 is 1.72 bits per heavy atom. The first kappa shape index (κ1) is 16.6. The number of phenols is 1. The summed E-state index contributed by atoms with van der Waals surface area (Å²) >= 11 is 0. The van der Waals surface area contributed by atoms with E-state index in [0.29, 0.717) is 17.0 Å². The van der Waals surface area contributed by atoms with Gasteiger partial charge in [0.25, 0.3) is 5.91 Å². The Labute approximate surface area is 144 Å². The van der Waals surface area contributed by atoms with E-state index in [1.807, 2.05) is 0 Å². The predicted octanol–water partition coefficient (Wildman–Crippen LogP) is 2.89. The lowest BCUT2D eigenvalue weighted by molar-refractivity contribution is -0.117. The molecule has 0 aromatic heterocycles. The van der Waals surface area contributed by atoms with Crippen molar-refractivity contribution in [3.63, 3.8) is 0 Å². The average molecular weight is 339 g/mol. The molecule has 0 fully saturated rings. The van der Waals surface area contributed by atoms with Crippen LogP contribution in [0.1, 0.15) is 18.5 Å². The number of carbonyl (C=O) groups is 2. The molecule has 2 aromatic carbocycles. The molecule has 0 saturated heterocycles. The van der Waals surface area contributed by atoms with E-state index in [2.05, 4.69) is 0 Å². The lowest BCUT2D eigenvalue weighted by Gasteiger charge is -2.27. The molecular formula is C19H17NO5. The van der Waals surface area contributed by atoms with Crippen LogP contribution in [0.25, 0.3) is 0 Å². The van der Waals surface area contributed by atoms with Crippen LogP contribution >= 0.6 is 0 Å². The highest BCUT2D eigenvalue weighted by Gasteiger charge is 2.44. The maximum atomic E-state index is 12.7. The van der Waals surface area contributed by atoms with Gasteiger partial charge in [-0.3, -0.25) is 14.5 Å². The molecule has 0 bridgehead atoms. The fourth-order valence-corrected chi connectivity index (χ4v) is 3.03.